The number of amides is 2. The van der Waals surface area contributed by atoms with E-state index in [0.717, 1.165) is 0 Å². The van der Waals surface area contributed by atoms with E-state index in [4.69, 9.17) is 4.74 Å². The van der Waals surface area contributed by atoms with E-state index in [1.165, 1.54) is 0 Å². The van der Waals surface area contributed by atoms with Crippen LogP contribution in [0.25, 0.3) is 0 Å². The molecule has 26 heavy (non-hydrogen) atoms. The van der Waals surface area contributed by atoms with Gasteiger partial charge in [-0.25, -0.2) is 9.97 Å². The van der Waals surface area contributed by atoms with Crippen molar-refractivity contribution in [3.8, 4) is 0 Å². The van der Waals surface area contributed by atoms with E-state index in [2.05, 4.69) is 25.5 Å². The van der Waals surface area contributed by atoms with Crippen LogP contribution >= 0.6 is 0 Å². The fourth-order valence-electron chi connectivity index (χ4n) is 3.20. The highest BCUT2D eigenvalue weighted by Crippen LogP contribution is 2.10. The maximum absolute atomic E-state index is 12.3. The molecule has 2 aliphatic rings. The molecule has 0 aromatic carbocycles. The van der Waals surface area contributed by atoms with Gasteiger partial charge in [-0.05, 0) is 13.0 Å². The van der Waals surface area contributed by atoms with Gasteiger partial charge in [-0.15, -0.1) is 0 Å². The van der Waals surface area contributed by atoms with Crippen LogP contribution in [0.1, 0.15) is 13.3 Å². The second kappa shape index (κ2) is 8.91. The largest absolute Gasteiger partial charge is 0.375 e. The van der Waals surface area contributed by atoms with Crippen LogP contribution in [0.4, 0.5) is 5.95 Å². The molecule has 3 heterocycles. The van der Waals surface area contributed by atoms with Gasteiger partial charge in [0.2, 0.25) is 17.8 Å². The number of hydrogen-bond donors (Lipinski definition) is 2. The Morgan fingerprint density at radius 1 is 1.27 bits per heavy atom. The zero-order valence-electron chi connectivity index (χ0n) is 15.1. The van der Waals surface area contributed by atoms with Crippen molar-refractivity contribution in [2.75, 3.05) is 50.8 Å². The van der Waals surface area contributed by atoms with Crippen LogP contribution in [0.2, 0.25) is 0 Å². The molecule has 2 N–H and O–H groups in total. The fourth-order valence-corrected chi connectivity index (χ4v) is 3.20. The molecule has 0 bridgehead atoms. The molecule has 0 spiro atoms. The average Bonchev–Trinajstić information content (AvgIpc) is 2.69. The maximum atomic E-state index is 12.3. The van der Waals surface area contributed by atoms with Gasteiger partial charge in [0, 0.05) is 58.1 Å². The number of rotatable bonds is 5. The van der Waals surface area contributed by atoms with Crippen molar-refractivity contribution in [1.82, 2.24) is 25.5 Å². The average molecular weight is 362 g/mol. The number of aromatic nitrogens is 2. The van der Waals surface area contributed by atoms with E-state index in [0.29, 0.717) is 58.2 Å². The lowest BCUT2D eigenvalue weighted by molar-refractivity contribution is -0.132. The second-order valence-electron chi connectivity index (χ2n) is 6.47. The highest BCUT2D eigenvalue weighted by molar-refractivity contribution is 5.83. The van der Waals surface area contributed by atoms with Crippen LogP contribution in [0, 0.1) is 0 Å². The first-order chi connectivity index (χ1) is 12.6. The van der Waals surface area contributed by atoms with Gasteiger partial charge < -0.3 is 25.2 Å². The van der Waals surface area contributed by atoms with Crippen molar-refractivity contribution >= 4 is 17.8 Å². The van der Waals surface area contributed by atoms with Crippen LogP contribution in [0.3, 0.4) is 0 Å². The molecule has 142 valence electrons. The number of morpholine rings is 1. The summed E-state index contributed by atoms with van der Waals surface area (Å²) in [6.07, 6.45) is 3.58. The molecule has 1 aromatic rings. The Labute approximate surface area is 153 Å². The highest BCUT2D eigenvalue weighted by Gasteiger charge is 2.28. The Kier molecular flexibility index (Phi) is 6.35. The molecular formula is C17H26N6O3. The summed E-state index contributed by atoms with van der Waals surface area (Å²) in [5.74, 6) is 0.638. The summed E-state index contributed by atoms with van der Waals surface area (Å²) in [6, 6.07) is 1.43. The lowest BCUT2D eigenvalue weighted by Crippen LogP contribution is -2.55. The fraction of sp³-hybridized carbons (Fsp3) is 0.647. The molecule has 0 radical (unpaired) electrons. The van der Waals surface area contributed by atoms with E-state index < -0.39 is 0 Å². The van der Waals surface area contributed by atoms with Crippen LogP contribution < -0.4 is 15.5 Å². The molecule has 9 nitrogen and oxygen atoms in total. The number of carbonyl (C=O) groups excluding carboxylic acids is 2. The van der Waals surface area contributed by atoms with Crippen LogP contribution in [-0.2, 0) is 14.3 Å². The van der Waals surface area contributed by atoms with E-state index in [9.17, 15) is 9.59 Å². The number of nitrogens with zero attached hydrogens (tertiary/aromatic N) is 4. The number of ether oxygens (including phenoxy) is 1. The monoisotopic (exact) mass is 362 g/mol. The first-order valence-electron chi connectivity index (χ1n) is 9.07. The molecule has 2 saturated heterocycles. The van der Waals surface area contributed by atoms with Crippen molar-refractivity contribution in [3.63, 3.8) is 0 Å². The summed E-state index contributed by atoms with van der Waals surface area (Å²) >= 11 is 0. The van der Waals surface area contributed by atoms with Crippen molar-refractivity contribution in [2.24, 2.45) is 0 Å². The second-order valence-corrected chi connectivity index (χ2v) is 6.47. The Bertz CT molecular complexity index is 606. The normalized spacial score (nSPS) is 23.6. The molecule has 0 unspecified atom stereocenters. The Hall–Kier alpha value is -2.26. The topological polar surface area (TPSA) is 99.7 Å². The Balaban J connectivity index is 1.37. The molecule has 2 atom stereocenters. The third-order valence-electron chi connectivity index (χ3n) is 4.70. The zero-order chi connectivity index (χ0) is 18.4. The van der Waals surface area contributed by atoms with Gasteiger partial charge in [0.15, 0.2) is 0 Å². The summed E-state index contributed by atoms with van der Waals surface area (Å²) < 4.78 is 5.47. The highest BCUT2D eigenvalue weighted by atomic mass is 16.5. The summed E-state index contributed by atoms with van der Waals surface area (Å²) in [5, 5.41) is 5.97. The number of piperazine rings is 1. The Morgan fingerprint density at radius 3 is 2.69 bits per heavy atom. The number of anilines is 1. The van der Waals surface area contributed by atoms with E-state index in [-0.39, 0.29) is 24.0 Å². The molecule has 9 heteroatoms. The van der Waals surface area contributed by atoms with Crippen molar-refractivity contribution in [1.29, 1.82) is 0 Å². The third-order valence-corrected chi connectivity index (χ3v) is 4.70. The van der Waals surface area contributed by atoms with E-state index in [1.807, 2.05) is 11.8 Å². The summed E-state index contributed by atoms with van der Waals surface area (Å²) in [4.78, 5) is 36.9. The van der Waals surface area contributed by atoms with Gasteiger partial charge in [-0.3, -0.25) is 9.59 Å². The van der Waals surface area contributed by atoms with Crippen molar-refractivity contribution in [2.45, 2.75) is 25.5 Å². The zero-order valence-corrected chi connectivity index (χ0v) is 15.1. The quantitative estimate of drug-likeness (QED) is 0.694. The van der Waals surface area contributed by atoms with Gasteiger partial charge in [0.05, 0.1) is 12.7 Å². The third kappa shape index (κ3) is 4.67. The molecule has 3 rings (SSSR count). The first kappa shape index (κ1) is 18.5. The number of nitrogens with one attached hydrogen (secondary N) is 2. The van der Waals surface area contributed by atoms with Gasteiger partial charge in [0.25, 0.3) is 0 Å². The van der Waals surface area contributed by atoms with Gasteiger partial charge >= 0.3 is 0 Å². The molecule has 2 aliphatic heterocycles. The first-order valence-corrected chi connectivity index (χ1v) is 9.07. The van der Waals surface area contributed by atoms with Gasteiger partial charge in [-0.2, -0.15) is 0 Å². The van der Waals surface area contributed by atoms with Crippen molar-refractivity contribution in [3.05, 3.63) is 18.5 Å². The van der Waals surface area contributed by atoms with Crippen molar-refractivity contribution < 1.29 is 14.3 Å². The van der Waals surface area contributed by atoms with Crippen LogP contribution in [0.15, 0.2) is 18.5 Å². The minimum absolute atomic E-state index is 0.0554. The molecule has 0 aliphatic carbocycles. The predicted molar refractivity (Wildman–Crippen MR) is 95.7 cm³/mol. The Morgan fingerprint density at radius 2 is 2.00 bits per heavy atom. The SMILES string of the molecule is C[C@H]1OCCN[C@@H]1C(=O)NCCC(=O)N1CCN(c2ncccn2)CC1. The summed E-state index contributed by atoms with van der Waals surface area (Å²) in [6.45, 7) is 6.19. The van der Waals surface area contributed by atoms with Gasteiger partial charge in [-0.1, -0.05) is 0 Å². The van der Waals surface area contributed by atoms with Crippen LogP contribution in [0.5, 0.6) is 0 Å². The van der Waals surface area contributed by atoms with Gasteiger partial charge in [0.1, 0.15) is 6.04 Å². The molecular weight excluding hydrogens is 336 g/mol. The molecule has 2 amide bonds. The van der Waals surface area contributed by atoms with E-state index >= 15 is 0 Å². The number of carbonyl (C=O) groups is 2. The smallest absolute Gasteiger partial charge is 0.239 e. The minimum atomic E-state index is -0.353. The lowest BCUT2D eigenvalue weighted by Gasteiger charge is -2.34. The standard InChI is InChI=1S/C17H26N6O3/c1-13-15(18-7-12-26-13)16(25)19-6-3-14(24)22-8-10-23(11-9-22)17-20-4-2-5-21-17/h2,4-5,13,15,18H,3,6-12H2,1H3,(H,19,25)/t13-,15+/m1/s1. The van der Waals surface area contributed by atoms with Crippen LogP contribution in [-0.4, -0.2) is 84.7 Å². The molecule has 2 fully saturated rings. The summed E-state index contributed by atoms with van der Waals surface area (Å²) in [7, 11) is 0. The predicted octanol–water partition coefficient (Wildman–Crippen LogP) is -0.992. The summed E-state index contributed by atoms with van der Waals surface area (Å²) in [5.41, 5.74) is 0. The molecule has 1 aromatic heterocycles. The van der Waals surface area contributed by atoms with E-state index in [1.54, 1.807) is 18.5 Å². The minimum Gasteiger partial charge on any atom is -0.375 e. The maximum Gasteiger partial charge on any atom is 0.239 e. The lowest BCUT2D eigenvalue weighted by atomic mass is 10.1. The molecule has 0 saturated carbocycles. The number of hydrogen-bond acceptors (Lipinski definition) is 7.